The maximum Gasteiger partial charge on any atom is 0.332 e. The molecular weight excluding hydrogens is 1860 g/mol. The Morgan fingerprint density at radius 2 is 0.587 bits per heavy atom. The second kappa shape index (κ2) is 47.0. The van der Waals surface area contributed by atoms with Gasteiger partial charge in [0.05, 0.1) is 59.8 Å². The summed E-state index contributed by atoms with van der Waals surface area (Å²) >= 11 is 2.31. The zero-order chi connectivity index (χ0) is 99.7. The first kappa shape index (κ1) is 105. The molecule has 7 aromatic rings. The number of ether oxygens (including phenoxy) is 4. The highest BCUT2D eigenvalue weighted by molar-refractivity contribution is 14.1. The number of aliphatic hydroxyl groups excluding tert-OH is 2. The smallest absolute Gasteiger partial charge is 0.332 e. The molecule has 15 rings (SSSR count). The number of carbonyl (C=O) groups excluding carboxylic acids is 7. The molecule has 4 unspecified atom stereocenters. The quantitative estimate of drug-likeness (QED) is 0.0138. The van der Waals surface area contributed by atoms with Crippen molar-refractivity contribution in [2.45, 2.75) is 232 Å². The number of fused-ring (bicyclic) bond motifs is 4. The number of nitrogens with one attached hydrogen (secondary N) is 1. The highest BCUT2D eigenvalue weighted by atomic mass is 127. The molecule has 0 aromatic heterocycles. The number of rotatable bonds is 22. The molecule has 7 aromatic carbocycles. The summed E-state index contributed by atoms with van der Waals surface area (Å²) in [6, 6.07) is 58.1. The van der Waals surface area contributed by atoms with Gasteiger partial charge in [0.2, 0.25) is 0 Å². The normalized spacial score (nSPS) is 20.3. The van der Waals surface area contributed by atoms with E-state index < -0.39 is 94.8 Å². The van der Waals surface area contributed by atoms with Crippen molar-refractivity contribution >= 4 is 70.5 Å². The molecule has 5 N–H and O–H groups in total. The van der Waals surface area contributed by atoms with Crippen molar-refractivity contribution in [3.63, 3.8) is 0 Å². The second-order valence-corrected chi connectivity index (χ2v) is 41.9. The number of carbonyl (C=O) groups is 8. The molecule has 0 aliphatic carbocycles. The molecule has 12 atom stereocenters. The monoisotopic (exact) mass is 2000 g/mol. The first-order valence-corrected chi connectivity index (χ1v) is 48.7. The average Bonchev–Trinajstić information content (AvgIpc) is 1.77. The van der Waals surface area contributed by atoms with E-state index in [1.165, 1.54) is 38.3 Å². The number of halogens is 1. The number of carboxylic acid groups (broad SMARTS) is 1. The number of hydrogen-bond acceptors (Lipinski definition) is 19. The van der Waals surface area contributed by atoms with Crippen molar-refractivity contribution in [2.24, 2.45) is 0 Å². The Balaban J connectivity index is 0.000000166. The summed E-state index contributed by atoms with van der Waals surface area (Å²) in [5.41, 5.74) is 10.0. The molecule has 0 bridgehead atoms. The van der Waals surface area contributed by atoms with E-state index in [9.17, 15) is 53.7 Å². The van der Waals surface area contributed by atoms with E-state index in [0.717, 1.165) is 110 Å². The third kappa shape index (κ3) is 29.6. The molecule has 30 heteroatoms. The number of benzene rings is 7. The van der Waals surface area contributed by atoms with E-state index in [-0.39, 0.29) is 48.3 Å². The van der Waals surface area contributed by atoms with Gasteiger partial charge in [0, 0.05) is 168 Å². The van der Waals surface area contributed by atoms with E-state index in [0.29, 0.717) is 65.4 Å². The predicted octanol–water partition coefficient (Wildman–Crippen LogP) is 12.2. The van der Waals surface area contributed by atoms with Crippen LogP contribution in [0.5, 0.6) is 0 Å². The first-order valence-electron chi connectivity index (χ1n) is 47.7. The van der Waals surface area contributed by atoms with Gasteiger partial charge in [0.1, 0.15) is 17.2 Å². The van der Waals surface area contributed by atoms with Crippen LogP contribution in [-0.2, 0) is 64.3 Å². The fourth-order valence-electron chi connectivity index (χ4n) is 18.8. The van der Waals surface area contributed by atoms with Crippen LogP contribution in [0.15, 0.2) is 188 Å². The van der Waals surface area contributed by atoms with E-state index in [2.05, 4.69) is 151 Å². The van der Waals surface area contributed by atoms with Crippen molar-refractivity contribution in [3.05, 3.63) is 247 Å². The molecule has 8 fully saturated rings. The molecule has 0 saturated carbocycles. The number of aliphatic carboxylic acids is 1. The number of piperazine rings is 4. The average molecular weight is 2000 g/mol. The Kier molecular flexibility index (Phi) is 35.9. The van der Waals surface area contributed by atoms with Crippen molar-refractivity contribution < 1.29 is 77.8 Å². The van der Waals surface area contributed by atoms with Crippen LogP contribution in [0, 0.1) is 39.1 Å². The number of aliphatic hydroxyl groups is 2. The van der Waals surface area contributed by atoms with Gasteiger partial charge in [0.15, 0.2) is 18.1 Å². The number of urea groups is 4. The van der Waals surface area contributed by atoms with Gasteiger partial charge in [0.25, 0.3) is 5.91 Å². The van der Waals surface area contributed by atoms with Crippen LogP contribution in [0.2, 0.25) is 0 Å². The molecular formula is C108H136IN13O16. The Labute approximate surface area is 827 Å². The van der Waals surface area contributed by atoms with Gasteiger partial charge in [-0.3, -0.25) is 29.6 Å². The molecule has 0 radical (unpaired) electrons. The Morgan fingerprint density at radius 3 is 0.819 bits per heavy atom. The van der Waals surface area contributed by atoms with Crippen molar-refractivity contribution in [1.82, 2.24) is 64.3 Å². The number of hydroxylamine groups is 1. The molecule has 138 heavy (non-hydrogen) atoms. The van der Waals surface area contributed by atoms with Gasteiger partial charge in [-0.1, -0.05) is 139 Å². The van der Waals surface area contributed by atoms with E-state index in [1.54, 1.807) is 25.1 Å². The van der Waals surface area contributed by atoms with Crippen LogP contribution in [0.25, 0.3) is 0 Å². The summed E-state index contributed by atoms with van der Waals surface area (Å²) < 4.78 is 25.0. The minimum absolute atomic E-state index is 0.00374. The van der Waals surface area contributed by atoms with Gasteiger partial charge in [-0.15, -0.1) is 0 Å². The summed E-state index contributed by atoms with van der Waals surface area (Å²) in [6.45, 7) is 42.3. The summed E-state index contributed by atoms with van der Waals surface area (Å²) in [7, 11) is 0. The highest BCUT2D eigenvalue weighted by Crippen LogP contribution is 2.34. The molecule has 8 aliphatic heterocycles. The van der Waals surface area contributed by atoms with E-state index in [4.69, 9.17) is 24.2 Å². The molecule has 9 amide bonds. The van der Waals surface area contributed by atoms with Gasteiger partial charge in [-0.2, -0.15) is 0 Å². The SMILES string of the molecule is C[C@@H](O)[C@@H](C(=O)NO)N1CC2CN(Cc3ccc(C#Cc4ccccc4)cc3)CCN2C1=O.C[C@@H](O)[C@@H](C(=O)O)N1CC2CN(Cc3ccc(C#Cc4ccccc4)cc3)CCN2C1=O.C[C@@H](OC(C)(C)C)[C@@H](C(=O)OC(C)(C)C)N1CC2CN(Cc3ccc(C#Cc4ccccc4)cc3)CCN2C1=O.C[C@@H](OC(C)(C)C)[C@@H](C(=O)OC(C)(C)C)N1CC2CN(Cc3ccc(I)cc3)CCN2C1=O. The van der Waals surface area contributed by atoms with Crippen LogP contribution in [0.3, 0.4) is 0 Å². The van der Waals surface area contributed by atoms with Crippen LogP contribution in [0.1, 0.15) is 166 Å². The lowest BCUT2D eigenvalue weighted by Crippen LogP contribution is -2.54. The summed E-state index contributed by atoms with van der Waals surface area (Å²) in [5, 5.41) is 38.3. The third-order valence-corrected chi connectivity index (χ3v) is 25.5. The Morgan fingerprint density at radius 1 is 0.348 bits per heavy atom. The summed E-state index contributed by atoms with van der Waals surface area (Å²) in [5.74, 6) is 16.3. The van der Waals surface area contributed by atoms with Crippen LogP contribution >= 0.6 is 22.6 Å². The number of esters is 2. The Bertz CT molecular complexity index is 5510. The number of carboxylic acids is 1. The topological polar surface area (TPSA) is 305 Å². The maximum atomic E-state index is 13.5. The standard InChI is InChI=1S/C33H43N3O4.C25H38IN3O4.C25H28N4O4.C25H27N3O4/c1-24(39-32(2,3)4)29(30(37)40-33(5,6)7)36-23-28-22-34(19-20-35(28)31(36)38)21-27-17-15-26(16-18-27)14-13-25-11-9-8-10-12-25;1-17(32-24(2,3)4)21(22(30)33-25(5,6)7)29-16-20-15-27(12-13-28(20)23(29)31)14-18-8-10-19(26)11-9-18;1-18(30)23(24(31)26-33)29-17-22-16-27(13-14-28(22)25(29)32)15-21-11-9-20(10-12-21)8-7-19-5-3-2-4-6-19;1-18(29)23(24(30)31)28-17-22-16-26(13-14-27(22)25(28)32)15-21-11-9-20(10-12-21)8-7-19-5-3-2-4-6-19/h8-12,15-18,24,28-29H,19-23H2,1-7H3;8-11,17,20-21H,12-16H2,1-7H3;2-6,9-12,18,22-23,30,33H,13-17H2,1H3,(H,26,31);2-6,9-12,18,22-23,29H,13-17H2,1H3,(H,30,31)/t24-,28?,29+;17-,20?,21+;2*18-,22?,23+/m1111/s1. The van der Waals surface area contributed by atoms with Gasteiger partial charge >= 0.3 is 42.0 Å². The summed E-state index contributed by atoms with van der Waals surface area (Å²) in [6.07, 6.45) is -3.23. The molecule has 736 valence electrons. The number of nitrogens with zero attached hydrogens (tertiary/aromatic N) is 12. The van der Waals surface area contributed by atoms with Crippen molar-refractivity contribution in [2.75, 3.05) is 105 Å². The maximum absolute atomic E-state index is 13.5. The lowest BCUT2D eigenvalue weighted by Gasteiger charge is -2.36. The predicted molar refractivity (Wildman–Crippen MR) is 536 cm³/mol. The van der Waals surface area contributed by atoms with Crippen molar-refractivity contribution in [3.8, 4) is 35.5 Å². The number of hydrogen-bond donors (Lipinski definition) is 5. The van der Waals surface area contributed by atoms with Crippen LogP contribution in [0.4, 0.5) is 19.2 Å². The zero-order valence-corrected chi connectivity index (χ0v) is 84.6. The minimum atomic E-state index is -1.22. The van der Waals surface area contributed by atoms with E-state index in [1.807, 2.05) is 222 Å². The summed E-state index contributed by atoms with van der Waals surface area (Å²) in [4.78, 5) is 125. The highest BCUT2D eigenvalue weighted by Gasteiger charge is 2.53. The fourth-order valence-corrected chi connectivity index (χ4v) is 19.2. The molecule has 0 spiro atoms. The van der Waals surface area contributed by atoms with Crippen molar-refractivity contribution in [1.29, 1.82) is 0 Å². The lowest BCUT2D eigenvalue weighted by atomic mass is 10.1. The van der Waals surface area contributed by atoms with Crippen LogP contribution in [-0.4, -0.2) is 327 Å². The Hall–Kier alpha value is -11.5. The van der Waals surface area contributed by atoms with Gasteiger partial charge < -0.3 is 73.5 Å². The number of amides is 9. The molecule has 8 saturated heterocycles. The zero-order valence-electron chi connectivity index (χ0n) is 82.4. The second-order valence-electron chi connectivity index (χ2n) is 40.6. The lowest BCUT2D eigenvalue weighted by molar-refractivity contribution is -0.170. The molecule has 8 heterocycles. The largest absolute Gasteiger partial charge is 0.480 e. The molecule has 29 nitrogen and oxygen atoms in total. The molecule has 8 aliphatic rings. The van der Waals surface area contributed by atoms with E-state index >= 15 is 0 Å². The fraction of sp³-hybridized carbons (Fsp3) is 0.481. The van der Waals surface area contributed by atoms with Crippen LogP contribution < -0.4 is 5.48 Å². The van der Waals surface area contributed by atoms with Gasteiger partial charge in [-0.05, 0) is 241 Å². The minimum Gasteiger partial charge on any atom is -0.480 e. The third-order valence-electron chi connectivity index (χ3n) is 24.8. The first-order chi connectivity index (χ1) is 65.4. The van der Waals surface area contributed by atoms with Gasteiger partial charge in [-0.25, -0.2) is 39.0 Å².